The largest absolute Gasteiger partial charge is 0.469 e. The second-order valence-corrected chi connectivity index (χ2v) is 4.36. The average Bonchev–Trinajstić information content (AvgIpc) is 2.47. The van der Waals surface area contributed by atoms with E-state index >= 15 is 0 Å². The van der Waals surface area contributed by atoms with Gasteiger partial charge in [0.15, 0.2) is 5.96 Å². The van der Waals surface area contributed by atoms with Crippen LogP contribution in [0.3, 0.4) is 0 Å². The molecule has 0 atom stereocenters. The maximum Gasteiger partial charge on any atom is 0.308 e. The van der Waals surface area contributed by atoms with Crippen molar-refractivity contribution in [1.29, 1.82) is 0 Å². The van der Waals surface area contributed by atoms with Gasteiger partial charge in [0.1, 0.15) is 0 Å². The van der Waals surface area contributed by atoms with Crippen LogP contribution in [0.2, 0.25) is 0 Å². The zero-order valence-electron chi connectivity index (χ0n) is 12.1. The van der Waals surface area contributed by atoms with E-state index in [1.807, 2.05) is 4.90 Å². The van der Waals surface area contributed by atoms with Gasteiger partial charge in [-0.15, -0.1) is 24.0 Å². The molecule has 20 heavy (non-hydrogen) atoms. The zero-order valence-corrected chi connectivity index (χ0v) is 14.5. The molecule has 0 aliphatic carbocycles. The normalized spacial score (nSPS) is 16.1. The number of likely N-dealkylation sites (tertiary alicyclic amines) is 1. The minimum atomic E-state index is -0.145. The van der Waals surface area contributed by atoms with E-state index in [0.717, 1.165) is 25.9 Å². The number of guanidine groups is 1. The molecule has 0 aromatic carbocycles. The molecule has 2 N–H and O–H groups in total. The molecule has 1 saturated heterocycles. The van der Waals surface area contributed by atoms with Crippen LogP contribution in [0.25, 0.3) is 0 Å². The van der Waals surface area contributed by atoms with Gasteiger partial charge < -0.3 is 20.3 Å². The molecule has 1 aliphatic rings. The van der Waals surface area contributed by atoms with E-state index in [1.54, 1.807) is 14.1 Å². The predicted molar refractivity (Wildman–Crippen MR) is 87.2 cm³/mol. The molecule has 8 heteroatoms. The predicted octanol–water partition coefficient (Wildman–Crippen LogP) is -0.189. The smallest absolute Gasteiger partial charge is 0.308 e. The van der Waals surface area contributed by atoms with Crippen molar-refractivity contribution in [3.05, 3.63) is 0 Å². The fraction of sp³-hybridized carbons (Fsp3) is 0.750. The molecular formula is C12H23IN4O3. The quantitative estimate of drug-likeness (QED) is 0.298. The third-order valence-corrected chi connectivity index (χ3v) is 3.23. The molecule has 1 fully saturated rings. The number of hydrogen-bond donors (Lipinski definition) is 2. The van der Waals surface area contributed by atoms with Crippen LogP contribution in [0.4, 0.5) is 0 Å². The summed E-state index contributed by atoms with van der Waals surface area (Å²) in [5.74, 6) is 0.420. The minimum absolute atomic E-state index is 0. The fourth-order valence-electron chi connectivity index (χ4n) is 2.07. The van der Waals surface area contributed by atoms with Crippen molar-refractivity contribution < 1.29 is 14.3 Å². The molecule has 1 aliphatic heterocycles. The van der Waals surface area contributed by atoms with E-state index in [4.69, 9.17) is 4.74 Å². The average molecular weight is 398 g/mol. The molecule has 1 heterocycles. The zero-order chi connectivity index (χ0) is 14.3. The van der Waals surface area contributed by atoms with Crippen molar-refractivity contribution >= 4 is 41.8 Å². The van der Waals surface area contributed by atoms with Gasteiger partial charge >= 0.3 is 5.97 Å². The number of nitrogens with one attached hydrogen (secondary N) is 2. The molecule has 0 saturated carbocycles. The molecule has 0 spiro atoms. The number of piperidine rings is 1. The number of carbonyl (C=O) groups excluding carboxylic acids is 2. The van der Waals surface area contributed by atoms with Crippen LogP contribution in [-0.2, 0) is 14.3 Å². The summed E-state index contributed by atoms with van der Waals surface area (Å²) in [6.45, 7) is 1.65. The second kappa shape index (κ2) is 9.78. The maximum absolute atomic E-state index is 11.4. The Kier molecular flexibility index (Phi) is 9.26. The van der Waals surface area contributed by atoms with Gasteiger partial charge in [0.25, 0.3) is 0 Å². The van der Waals surface area contributed by atoms with Gasteiger partial charge in [-0.1, -0.05) is 0 Å². The van der Waals surface area contributed by atoms with E-state index in [-0.39, 0.29) is 48.3 Å². The molecular weight excluding hydrogens is 375 g/mol. The van der Waals surface area contributed by atoms with Crippen LogP contribution in [-0.4, -0.2) is 63.6 Å². The highest BCUT2D eigenvalue weighted by molar-refractivity contribution is 14.0. The van der Waals surface area contributed by atoms with Crippen molar-refractivity contribution in [2.45, 2.75) is 12.8 Å². The fourth-order valence-corrected chi connectivity index (χ4v) is 2.07. The van der Waals surface area contributed by atoms with Crippen molar-refractivity contribution in [3.8, 4) is 0 Å². The number of rotatable bonds is 3. The van der Waals surface area contributed by atoms with Gasteiger partial charge in [-0.3, -0.25) is 14.6 Å². The highest BCUT2D eigenvalue weighted by atomic mass is 127. The standard InChI is InChI=1S/C12H22N4O3.HI/c1-13-10(17)8-15-12(14-2)16-6-4-9(5-7-16)11(18)19-3;/h9H,4-8H2,1-3H3,(H,13,17)(H,14,15);1H. The lowest BCUT2D eigenvalue weighted by Gasteiger charge is -2.33. The first kappa shape index (κ1) is 18.9. The third kappa shape index (κ3) is 5.51. The first-order valence-corrected chi connectivity index (χ1v) is 6.36. The summed E-state index contributed by atoms with van der Waals surface area (Å²) in [5, 5.41) is 5.54. The van der Waals surface area contributed by atoms with Gasteiger partial charge in [-0.25, -0.2) is 0 Å². The van der Waals surface area contributed by atoms with Crippen molar-refractivity contribution in [2.24, 2.45) is 10.9 Å². The summed E-state index contributed by atoms with van der Waals surface area (Å²) in [6, 6.07) is 0. The molecule has 1 amide bonds. The highest BCUT2D eigenvalue weighted by Gasteiger charge is 2.26. The van der Waals surface area contributed by atoms with Crippen LogP contribution >= 0.6 is 24.0 Å². The molecule has 0 bridgehead atoms. The second-order valence-electron chi connectivity index (χ2n) is 4.36. The summed E-state index contributed by atoms with van der Waals surface area (Å²) >= 11 is 0. The Balaban J connectivity index is 0.00000361. The van der Waals surface area contributed by atoms with Gasteiger partial charge in [-0.05, 0) is 12.8 Å². The Morgan fingerprint density at radius 2 is 1.95 bits per heavy atom. The van der Waals surface area contributed by atoms with Gasteiger partial charge in [-0.2, -0.15) is 0 Å². The SMILES string of the molecule is CN=C(NCC(=O)NC)N1CCC(C(=O)OC)CC1.I. The van der Waals surface area contributed by atoms with Crippen molar-refractivity contribution in [2.75, 3.05) is 40.8 Å². The number of halogens is 1. The Labute approximate surface area is 136 Å². The number of hydrogen-bond acceptors (Lipinski definition) is 4. The molecule has 0 unspecified atom stereocenters. The van der Waals surface area contributed by atoms with Crippen LogP contribution in [0.15, 0.2) is 4.99 Å². The Morgan fingerprint density at radius 3 is 2.40 bits per heavy atom. The topological polar surface area (TPSA) is 83.0 Å². The Hall–Kier alpha value is -1.06. The van der Waals surface area contributed by atoms with Gasteiger partial charge in [0.05, 0.1) is 19.6 Å². The van der Waals surface area contributed by atoms with Crippen LogP contribution in [0.5, 0.6) is 0 Å². The molecule has 0 radical (unpaired) electrons. The number of ether oxygens (including phenoxy) is 1. The summed E-state index contributed by atoms with van der Waals surface area (Å²) < 4.78 is 4.75. The molecule has 1 rings (SSSR count). The maximum atomic E-state index is 11.4. The van der Waals surface area contributed by atoms with E-state index in [1.165, 1.54) is 7.11 Å². The lowest BCUT2D eigenvalue weighted by molar-refractivity contribution is -0.146. The third-order valence-electron chi connectivity index (χ3n) is 3.23. The summed E-state index contributed by atoms with van der Waals surface area (Å²) in [5.41, 5.74) is 0. The minimum Gasteiger partial charge on any atom is -0.469 e. The van der Waals surface area contributed by atoms with E-state index in [2.05, 4.69) is 15.6 Å². The van der Waals surface area contributed by atoms with E-state index in [9.17, 15) is 9.59 Å². The molecule has 7 nitrogen and oxygen atoms in total. The Bertz CT molecular complexity index is 355. The summed E-state index contributed by atoms with van der Waals surface area (Å²) in [6.07, 6.45) is 1.49. The van der Waals surface area contributed by atoms with Crippen molar-refractivity contribution in [3.63, 3.8) is 0 Å². The molecule has 0 aromatic rings. The van der Waals surface area contributed by atoms with Crippen molar-refractivity contribution in [1.82, 2.24) is 15.5 Å². The number of likely N-dealkylation sites (N-methyl/N-ethyl adjacent to an activating group) is 1. The molecule has 0 aromatic heterocycles. The monoisotopic (exact) mass is 398 g/mol. The van der Waals surface area contributed by atoms with Gasteiger partial charge in [0.2, 0.25) is 5.91 Å². The number of amides is 1. The number of aliphatic imine (C=N–C) groups is 1. The number of esters is 1. The lowest BCUT2D eigenvalue weighted by atomic mass is 9.97. The molecule has 116 valence electrons. The first-order chi connectivity index (χ1) is 9.12. The van der Waals surface area contributed by atoms with Crippen LogP contribution in [0.1, 0.15) is 12.8 Å². The van der Waals surface area contributed by atoms with E-state index in [0.29, 0.717) is 5.96 Å². The van der Waals surface area contributed by atoms with Crippen LogP contribution < -0.4 is 10.6 Å². The number of methoxy groups -OCH3 is 1. The number of nitrogens with zero attached hydrogens (tertiary/aromatic N) is 2. The van der Waals surface area contributed by atoms with E-state index < -0.39 is 0 Å². The van der Waals surface area contributed by atoms with Gasteiger partial charge in [0, 0.05) is 27.2 Å². The van der Waals surface area contributed by atoms with Crippen LogP contribution in [0, 0.1) is 5.92 Å². The number of carbonyl (C=O) groups is 2. The first-order valence-electron chi connectivity index (χ1n) is 6.36. The summed E-state index contributed by atoms with van der Waals surface area (Å²) in [4.78, 5) is 28.8. The summed E-state index contributed by atoms with van der Waals surface area (Å²) in [7, 11) is 4.69. The Morgan fingerprint density at radius 1 is 1.35 bits per heavy atom. The highest BCUT2D eigenvalue weighted by Crippen LogP contribution is 2.18. The lowest BCUT2D eigenvalue weighted by Crippen LogP contribution is -2.48.